The van der Waals surface area contributed by atoms with Crippen LogP contribution < -0.4 is 11.1 Å². The Labute approximate surface area is 125 Å². The summed E-state index contributed by atoms with van der Waals surface area (Å²) in [5.41, 5.74) is 4.23. The summed E-state index contributed by atoms with van der Waals surface area (Å²) in [5, 5.41) is 12.1. The van der Waals surface area contributed by atoms with Crippen molar-refractivity contribution in [2.75, 3.05) is 0 Å². The first-order valence-electron chi connectivity index (χ1n) is 6.49. The van der Waals surface area contributed by atoms with E-state index in [2.05, 4.69) is 5.32 Å². The van der Waals surface area contributed by atoms with Crippen molar-refractivity contribution in [2.45, 2.75) is 32.2 Å². The van der Waals surface area contributed by atoms with Gasteiger partial charge in [0.05, 0.1) is 5.56 Å². The van der Waals surface area contributed by atoms with Gasteiger partial charge in [-0.2, -0.15) is 13.2 Å². The van der Waals surface area contributed by atoms with Crippen LogP contribution in [0.3, 0.4) is 0 Å². The predicted molar refractivity (Wildman–Crippen MR) is 72.4 cm³/mol. The van der Waals surface area contributed by atoms with Crippen molar-refractivity contribution in [3.63, 3.8) is 0 Å². The molecule has 0 bridgehead atoms. The average Bonchev–Trinajstić information content (AvgIpc) is 2.42. The molecule has 0 saturated carbocycles. The fourth-order valence-electron chi connectivity index (χ4n) is 1.80. The van der Waals surface area contributed by atoms with E-state index in [1.165, 1.54) is 0 Å². The van der Waals surface area contributed by atoms with Crippen molar-refractivity contribution in [3.8, 4) is 0 Å². The van der Waals surface area contributed by atoms with E-state index in [0.29, 0.717) is 0 Å². The zero-order valence-corrected chi connectivity index (χ0v) is 12.0. The van der Waals surface area contributed by atoms with E-state index in [9.17, 15) is 27.9 Å². The Morgan fingerprint density at radius 2 is 1.68 bits per heavy atom. The lowest BCUT2D eigenvalue weighted by molar-refractivity contribution is -0.137. The van der Waals surface area contributed by atoms with Gasteiger partial charge < -0.3 is 16.2 Å². The maximum Gasteiger partial charge on any atom is 0.416 e. The van der Waals surface area contributed by atoms with Gasteiger partial charge in [-0.25, -0.2) is 0 Å². The van der Waals surface area contributed by atoms with Gasteiger partial charge in [0, 0.05) is 0 Å². The maximum atomic E-state index is 12.4. The molecule has 1 rings (SSSR count). The summed E-state index contributed by atoms with van der Waals surface area (Å²) in [5.74, 6) is -1.96. The van der Waals surface area contributed by atoms with Crippen LogP contribution in [-0.2, 0) is 15.8 Å². The molecule has 8 heteroatoms. The molecular weight excluding hydrogens is 301 g/mol. The zero-order chi connectivity index (χ0) is 17.1. The normalized spacial score (nSPS) is 14.5. The van der Waals surface area contributed by atoms with Crippen LogP contribution in [0.1, 0.15) is 31.1 Å². The van der Waals surface area contributed by atoms with Gasteiger partial charge in [-0.1, -0.05) is 26.0 Å². The zero-order valence-electron chi connectivity index (χ0n) is 12.0. The molecule has 0 aromatic heterocycles. The van der Waals surface area contributed by atoms with Gasteiger partial charge in [0.1, 0.15) is 6.04 Å². The molecule has 2 amide bonds. The van der Waals surface area contributed by atoms with Crippen molar-refractivity contribution in [3.05, 3.63) is 35.4 Å². The second-order valence-electron chi connectivity index (χ2n) is 5.15. The fourth-order valence-corrected chi connectivity index (χ4v) is 1.80. The van der Waals surface area contributed by atoms with E-state index < -0.39 is 35.7 Å². The lowest BCUT2D eigenvalue weighted by Gasteiger charge is -2.21. The number of halogens is 3. The smallest absolute Gasteiger partial charge is 0.378 e. The van der Waals surface area contributed by atoms with Crippen LogP contribution >= 0.6 is 0 Å². The Morgan fingerprint density at radius 1 is 1.18 bits per heavy atom. The Kier molecular flexibility index (Phi) is 5.54. The van der Waals surface area contributed by atoms with Crippen molar-refractivity contribution in [1.29, 1.82) is 0 Å². The third-order valence-corrected chi connectivity index (χ3v) is 3.07. The largest absolute Gasteiger partial charge is 0.416 e. The quantitative estimate of drug-likeness (QED) is 0.765. The summed E-state index contributed by atoms with van der Waals surface area (Å²) >= 11 is 0. The van der Waals surface area contributed by atoms with Crippen LogP contribution in [0.5, 0.6) is 0 Å². The maximum absolute atomic E-state index is 12.4. The van der Waals surface area contributed by atoms with Gasteiger partial charge in [-0.15, -0.1) is 0 Å². The highest BCUT2D eigenvalue weighted by Gasteiger charge is 2.31. The molecule has 0 fully saturated rings. The van der Waals surface area contributed by atoms with Crippen molar-refractivity contribution < 1.29 is 27.9 Å². The summed E-state index contributed by atoms with van der Waals surface area (Å²) < 4.78 is 37.3. The topological polar surface area (TPSA) is 92.4 Å². The lowest BCUT2D eigenvalue weighted by atomic mass is 10.0. The first kappa shape index (κ1) is 18.0. The Balaban J connectivity index is 2.85. The number of nitrogens with one attached hydrogen (secondary N) is 1. The number of carbonyl (C=O) groups excluding carboxylic acids is 2. The molecule has 4 N–H and O–H groups in total. The summed E-state index contributed by atoms with van der Waals surface area (Å²) in [4.78, 5) is 23.0. The summed E-state index contributed by atoms with van der Waals surface area (Å²) in [6.45, 7) is 3.31. The van der Waals surface area contributed by atoms with Crippen LogP contribution in [0.4, 0.5) is 13.2 Å². The van der Waals surface area contributed by atoms with Crippen molar-refractivity contribution in [1.82, 2.24) is 5.32 Å². The second-order valence-corrected chi connectivity index (χ2v) is 5.15. The van der Waals surface area contributed by atoms with E-state index in [0.717, 1.165) is 24.3 Å². The molecule has 2 atom stereocenters. The second kappa shape index (κ2) is 6.78. The molecule has 1 aromatic rings. The van der Waals surface area contributed by atoms with Gasteiger partial charge in [0.25, 0.3) is 5.91 Å². The number of primary amides is 1. The van der Waals surface area contributed by atoms with Crippen LogP contribution in [0.15, 0.2) is 24.3 Å². The molecule has 0 heterocycles. The van der Waals surface area contributed by atoms with E-state index in [1.807, 2.05) is 0 Å². The molecule has 0 aliphatic rings. The van der Waals surface area contributed by atoms with Crippen LogP contribution in [0.25, 0.3) is 0 Å². The Bertz CT molecular complexity index is 541. The first-order valence-corrected chi connectivity index (χ1v) is 6.49. The van der Waals surface area contributed by atoms with Gasteiger partial charge in [-0.3, -0.25) is 9.59 Å². The number of nitrogens with two attached hydrogens (primary N) is 1. The van der Waals surface area contributed by atoms with E-state index in [1.54, 1.807) is 13.8 Å². The summed E-state index contributed by atoms with van der Waals surface area (Å²) in [6.07, 6.45) is -6.19. The number of alkyl halides is 3. The molecule has 0 aliphatic carbocycles. The van der Waals surface area contributed by atoms with Gasteiger partial charge in [0.2, 0.25) is 5.91 Å². The van der Waals surface area contributed by atoms with Gasteiger partial charge >= 0.3 is 6.18 Å². The molecule has 0 saturated heterocycles. The number of carbonyl (C=O) groups is 2. The van der Waals surface area contributed by atoms with E-state index in [4.69, 9.17) is 5.73 Å². The first-order chi connectivity index (χ1) is 10.0. The Morgan fingerprint density at radius 3 is 2.05 bits per heavy atom. The predicted octanol–water partition coefficient (Wildman–Crippen LogP) is 1.36. The monoisotopic (exact) mass is 318 g/mol. The molecule has 0 aliphatic heterocycles. The number of hydrogen-bond donors (Lipinski definition) is 3. The minimum absolute atomic E-state index is 0.0162. The number of rotatable bonds is 5. The molecule has 5 nitrogen and oxygen atoms in total. The molecule has 0 spiro atoms. The summed E-state index contributed by atoms with van der Waals surface area (Å²) in [6, 6.07) is 2.56. The summed E-state index contributed by atoms with van der Waals surface area (Å²) in [7, 11) is 0. The number of benzene rings is 1. The van der Waals surface area contributed by atoms with Crippen LogP contribution in [0.2, 0.25) is 0 Å². The number of aliphatic hydroxyl groups excluding tert-OH is 1. The van der Waals surface area contributed by atoms with E-state index in [-0.39, 0.29) is 11.5 Å². The van der Waals surface area contributed by atoms with Crippen LogP contribution in [-0.4, -0.2) is 23.0 Å². The van der Waals surface area contributed by atoms with Gasteiger partial charge in [0.15, 0.2) is 6.10 Å². The molecular formula is C14H17F3N2O3. The molecule has 122 valence electrons. The van der Waals surface area contributed by atoms with Crippen molar-refractivity contribution >= 4 is 11.8 Å². The molecule has 0 radical (unpaired) electrons. The number of hydrogen-bond acceptors (Lipinski definition) is 3. The fraction of sp³-hybridized carbons (Fsp3) is 0.429. The average molecular weight is 318 g/mol. The highest BCUT2D eigenvalue weighted by Crippen LogP contribution is 2.29. The van der Waals surface area contributed by atoms with Gasteiger partial charge in [-0.05, 0) is 23.6 Å². The SMILES string of the molecule is CC(C)[C@H](NC(=O)[C@H](O)c1ccc(C(F)(F)F)cc1)C(N)=O. The third-order valence-electron chi connectivity index (χ3n) is 3.07. The van der Waals surface area contributed by atoms with E-state index >= 15 is 0 Å². The highest BCUT2D eigenvalue weighted by molar-refractivity contribution is 5.89. The standard InChI is InChI=1S/C14H17F3N2O3/c1-7(2)10(12(18)21)19-13(22)11(20)8-3-5-9(6-4-8)14(15,16)17/h3-7,10-11,20H,1-2H3,(H2,18,21)(H,19,22)/t10-,11+/m0/s1. The Hall–Kier alpha value is -2.09. The minimum atomic E-state index is -4.50. The van der Waals surface area contributed by atoms with Crippen LogP contribution in [0, 0.1) is 5.92 Å². The lowest BCUT2D eigenvalue weighted by Crippen LogP contribution is -2.49. The number of amides is 2. The highest BCUT2D eigenvalue weighted by atomic mass is 19.4. The molecule has 22 heavy (non-hydrogen) atoms. The molecule has 1 aromatic carbocycles. The molecule has 0 unspecified atom stereocenters. The van der Waals surface area contributed by atoms with Crippen molar-refractivity contribution in [2.24, 2.45) is 11.7 Å². The third kappa shape index (κ3) is 4.45. The minimum Gasteiger partial charge on any atom is -0.378 e. The number of aliphatic hydroxyl groups is 1.